The van der Waals surface area contributed by atoms with Gasteiger partial charge in [-0.25, -0.2) is 4.98 Å². The Morgan fingerprint density at radius 1 is 1.05 bits per heavy atom. The molecule has 2 rings (SSSR count). The molecule has 1 fully saturated rings. The van der Waals surface area contributed by atoms with Crippen molar-refractivity contribution in [1.29, 1.82) is 0 Å². The fraction of sp³-hybridized carbons (Fsp3) is 0.769. The molecule has 0 aromatic carbocycles. The van der Waals surface area contributed by atoms with E-state index in [2.05, 4.69) is 15.2 Å². The van der Waals surface area contributed by atoms with Gasteiger partial charge in [-0.2, -0.15) is 18.3 Å². The number of anilines is 1. The molecule has 0 saturated carbocycles. The minimum absolute atomic E-state index is 0.101. The molecule has 112 valence electrons. The molecule has 1 aliphatic rings. The molecular weight excluding hydrogens is 269 g/mol. The van der Waals surface area contributed by atoms with Crippen LogP contribution in [0, 0.1) is 5.92 Å². The van der Waals surface area contributed by atoms with Crippen molar-refractivity contribution in [3.63, 3.8) is 0 Å². The molecule has 0 aliphatic carbocycles. The van der Waals surface area contributed by atoms with Gasteiger partial charge in [0.1, 0.15) is 0 Å². The van der Waals surface area contributed by atoms with Crippen LogP contribution in [0.3, 0.4) is 0 Å². The van der Waals surface area contributed by atoms with Crippen LogP contribution in [0.25, 0.3) is 0 Å². The summed E-state index contributed by atoms with van der Waals surface area (Å²) in [7, 11) is 0. The van der Waals surface area contributed by atoms with Crippen LogP contribution in [0.4, 0.5) is 19.1 Å². The molecule has 2 heterocycles. The smallest absolute Gasteiger partial charge is 0.339 e. The Morgan fingerprint density at radius 2 is 1.65 bits per heavy atom. The van der Waals surface area contributed by atoms with E-state index in [1.54, 1.807) is 4.90 Å². The van der Waals surface area contributed by atoms with E-state index in [1.807, 2.05) is 13.8 Å². The molecule has 0 unspecified atom stereocenters. The molecule has 20 heavy (non-hydrogen) atoms. The number of hydrogen-bond acceptors (Lipinski definition) is 4. The molecule has 1 saturated heterocycles. The SMILES string of the molecule is CCc1nnc(N2CCC(C(F)(F)F)CC2)nc1CC. The van der Waals surface area contributed by atoms with Crippen molar-refractivity contribution >= 4 is 5.95 Å². The van der Waals surface area contributed by atoms with Crippen molar-refractivity contribution in [1.82, 2.24) is 15.2 Å². The first-order valence-corrected chi connectivity index (χ1v) is 6.99. The number of halogens is 3. The van der Waals surface area contributed by atoms with E-state index in [-0.39, 0.29) is 12.8 Å². The topological polar surface area (TPSA) is 41.9 Å². The molecule has 1 aliphatic heterocycles. The second-order valence-corrected chi connectivity index (χ2v) is 5.02. The quantitative estimate of drug-likeness (QED) is 0.857. The van der Waals surface area contributed by atoms with E-state index in [1.165, 1.54) is 0 Å². The molecule has 4 nitrogen and oxygen atoms in total. The van der Waals surface area contributed by atoms with Gasteiger partial charge in [0, 0.05) is 13.1 Å². The van der Waals surface area contributed by atoms with E-state index in [0.29, 0.717) is 19.0 Å². The number of piperidine rings is 1. The fourth-order valence-electron chi connectivity index (χ4n) is 2.47. The maximum absolute atomic E-state index is 12.6. The Balaban J connectivity index is 2.07. The summed E-state index contributed by atoms with van der Waals surface area (Å²) in [5.74, 6) is -0.744. The second kappa shape index (κ2) is 5.93. The lowest BCUT2D eigenvalue weighted by Gasteiger charge is -2.32. The normalized spacial score (nSPS) is 17.6. The van der Waals surface area contributed by atoms with Gasteiger partial charge in [-0.05, 0) is 25.7 Å². The van der Waals surface area contributed by atoms with Crippen molar-refractivity contribution in [2.24, 2.45) is 5.92 Å². The fourth-order valence-corrected chi connectivity index (χ4v) is 2.47. The Morgan fingerprint density at radius 3 is 2.15 bits per heavy atom. The summed E-state index contributed by atoms with van der Waals surface area (Å²) < 4.78 is 37.9. The van der Waals surface area contributed by atoms with Crippen molar-refractivity contribution in [3.8, 4) is 0 Å². The minimum Gasteiger partial charge on any atom is -0.339 e. The van der Waals surface area contributed by atoms with Gasteiger partial charge in [-0.15, -0.1) is 5.10 Å². The summed E-state index contributed by atoms with van der Waals surface area (Å²) >= 11 is 0. The third-order valence-electron chi connectivity index (χ3n) is 3.74. The van der Waals surface area contributed by atoms with Crippen molar-refractivity contribution in [2.75, 3.05) is 18.0 Å². The summed E-state index contributed by atoms with van der Waals surface area (Å²) in [5.41, 5.74) is 1.75. The number of alkyl halides is 3. The Hall–Kier alpha value is -1.40. The molecule has 0 bridgehead atoms. The maximum Gasteiger partial charge on any atom is 0.391 e. The number of aromatic nitrogens is 3. The van der Waals surface area contributed by atoms with E-state index in [4.69, 9.17) is 0 Å². The third-order valence-corrected chi connectivity index (χ3v) is 3.74. The van der Waals surface area contributed by atoms with Crippen molar-refractivity contribution < 1.29 is 13.2 Å². The Labute approximate surface area is 116 Å². The van der Waals surface area contributed by atoms with Crippen LogP contribution in [-0.2, 0) is 12.8 Å². The summed E-state index contributed by atoms with van der Waals surface area (Å²) in [6.45, 7) is 4.64. The monoisotopic (exact) mass is 288 g/mol. The van der Waals surface area contributed by atoms with Gasteiger partial charge in [0.05, 0.1) is 17.3 Å². The highest BCUT2D eigenvalue weighted by atomic mass is 19.4. The van der Waals surface area contributed by atoms with Gasteiger partial charge in [0.2, 0.25) is 5.95 Å². The van der Waals surface area contributed by atoms with Gasteiger partial charge >= 0.3 is 6.18 Å². The summed E-state index contributed by atoms with van der Waals surface area (Å²) in [4.78, 5) is 6.24. The lowest BCUT2D eigenvalue weighted by molar-refractivity contribution is -0.179. The zero-order valence-corrected chi connectivity index (χ0v) is 11.7. The maximum atomic E-state index is 12.6. The van der Waals surface area contributed by atoms with Crippen LogP contribution in [0.15, 0.2) is 0 Å². The Kier molecular flexibility index (Phi) is 4.45. The third kappa shape index (κ3) is 3.19. The highest BCUT2D eigenvalue weighted by Gasteiger charge is 2.41. The molecule has 0 spiro atoms. The molecule has 1 aromatic heterocycles. The zero-order valence-electron chi connectivity index (χ0n) is 11.7. The first-order chi connectivity index (χ1) is 9.45. The van der Waals surface area contributed by atoms with Crippen molar-refractivity contribution in [2.45, 2.75) is 45.7 Å². The summed E-state index contributed by atoms with van der Waals surface area (Å²) in [6.07, 6.45) is -2.37. The molecule has 7 heteroatoms. The lowest BCUT2D eigenvalue weighted by Crippen LogP contribution is -2.40. The van der Waals surface area contributed by atoms with E-state index in [0.717, 1.165) is 24.2 Å². The number of nitrogens with zero attached hydrogens (tertiary/aromatic N) is 4. The van der Waals surface area contributed by atoms with E-state index >= 15 is 0 Å². The number of hydrogen-bond donors (Lipinski definition) is 0. The molecule has 0 radical (unpaired) electrons. The second-order valence-electron chi connectivity index (χ2n) is 5.02. The Bertz CT molecular complexity index is 453. The predicted octanol–water partition coefficient (Wildman–Crippen LogP) is 2.78. The average Bonchev–Trinajstić information content (AvgIpc) is 2.45. The average molecular weight is 288 g/mol. The van der Waals surface area contributed by atoms with E-state index < -0.39 is 12.1 Å². The standard InChI is InChI=1S/C13H19F3N4/c1-3-10-11(4-2)18-19-12(17-10)20-7-5-9(6-8-20)13(14,15)16/h9H,3-8H2,1-2H3. The van der Waals surface area contributed by atoms with Gasteiger partial charge in [-0.3, -0.25) is 0 Å². The molecule has 1 aromatic rings. The highest BCUT2D eigenvalue weighted by molar-refractivity contribution is 5.31. The van der Waals surface area contributed by atoms with Crippen LogP contribution >= 0.6 is 0 Å². The van der Waals surface area contributed by atoms with Crippen LogP contribution in [0.2, 0.25) is 0 Å². The van der Waals surface area contributed by atoms with Gasteiger partial charge in [0.15, 0.2) is 0 Å². The van der Waals surface area contributed by atoms with Crippen molar-refractivity contribution in [3.05, 3.63) is 11.4 Å². The lowest BCUT2D eigenvalue weighted by atomic mass is 9.96. The largest absolute Gasteiger partial charge is 0.391 e. The van der Waals surface area contributed by atoms with Crippen LogP contribution in [0.5, 0.6) is 0 Å². The zero-order chi connectivity index (χ0) is 14.8. The minimum atomic E-state index is -4.09. The predicted molar refractivity (Wildman–Crippen MR) is 69.6 cm³/mol. The molecule has 0 atom stereocenters. The summed E-state index contributed by atoms with van der Waals surface area (Å²) in [6, 6.07) is 0. The van der Waals surface area contributed by atoms with Crippen LogP contribution in [0.1, 0.15) is 38.1 Å². The first kappa shape index (κ1) is 15.0. The number of aryl methyl sites for hydroxylation is 2. The molecule has 0 N–H and O–H groups in total. The van der Waals surface area contributed by atoms with E-state index in [9.17, 15) is 13.2 Å². The van der Waals surface area contributed by atoms with Gasteiger partial charge in [-0.1, -0.05) is 13.8 Å². The molecule has 0 amide bonds. The molecular formula is C13H19F3N4. The highest BCUT2D eigenvalue weighted by Crippen LogP contribution is 2.34. The van der Waals surface area contributed by atoms with Crippen LogP contribution < -0.4 is 4.90 Å². The van der Waals surface area contributed by atoms with Gasteiger partial charge in [0.25, 0.3) is 0 Å². The first-order valence-electron chi connectivity index (χ1n) is 6.99. The summed E-state index contributed by atoms with van der Waals surface area (Å²) in [5, 5.41) is 8.19. The van der Waals surface area contributed by atoms with Gasteiger partial charge < -0.3 is 4.90 Å². The number of rotatable bonds is 3. The van der Waals surface area contributed by atoms with Crippen LogP contribution in [-0.4, -0.2) is 34.4 Å².